The molecule has 0 amide bonds. The van der Waals surface area contributed by atoms with E-state index in [0.29, 0.717) is 30.2 Å². The van der Waals surface area contributed by atoms with E-state index in [9.17, 15) is 4.79 Å². The molecule has 3 rings (SSSR count). The fraction of sp³-hybridized carbons (Fsp3) is 0.722. The van der Waals surface area contributed by atoms with Crippen molar-refractivity contribution in [2.24, 2.45) is 5.92 Å². The molecule has 1 aliphatic heterocycles. The number of ether oxygens (including phenoxy) is 1. The summed E-state index contributed by atoms with van der Waals surface area (Å²) in [5.74, 6) is 0.732. The van der Waals surface area contributed by atoms with E-state index in [0.717, 1.165) is 45.3 Å². The molecule has 3 N–H and O–H groups in total. The van der Waals surface area contributed by atoms with Crippen molar-refractivity contribution >= 4 is 17.0 Å². The van der Waals surface area contributed by atoms with Gasteiger partial charge in [0.1, 0.15) is 5.52 Å². The molecule has 0 spiro atoms. The van der Waals surface area contributed by atoms with E-state index in [2.05, 4.69) is 33.7 Å². The van der Waals surface area contributed by atoms with Gasteiger partial charge in [-0.3, -0.25) is 4.57 Å². The van der Waals surface area contributed by atoms with Gasteiger partial charge in [0.05, 0.1) is 6.61 Å². The maximum atomic E-state index is 12.4. The second kappa shape index (κ2) is 8.53. The number of hydrogen-bond acceptors (Lipinski definition) is 6. The molecule has 1 fully saturated rings. The summed E-state index contributed by atoms with van der Waals surface area (Å²) in [6, 6.07) is 0.244. The summed E-state index contributed by atoms with van der Waals surface area (Å²) in [5.41, 5.74) is 6.88. The number of aromatic amines is 1. The maximum absolute atomic E-state index is 12.4. The summed E-state index contributed by atoms with van der Waals surface area (Å²) in [6.07, 6.45) is 5.34. The van der Waals surface area contributed by atoms with Gasteiger partial charge in [-0.2, -0.15) is 9.97 Å². The molecule has 144 valence electrons. The summed E-state index contributed by atoms with van der Waals surface area (Å²) in [5, 5.41) is 0. The van der Waals surface area contributed by atoms with Crippen molar-refractivity contribution in [3.8, 4) is 6.01 Å². The van der Waals surface area contributed by atoms with Crippen LogP contribution in [0.2, 0.25) is 0 Å². The molecule has 0 aromatic carbocycles. The average molecular weight is 362 g/mol. The van der Waals surface area contributed by atoms with Crippen LogP contribution in [0.15, 0.2) is 4.79 Å². The van der Waals surface area contributed by atoms with Crippen molar-refractivity contribution in [1.82, 2.24) is 24.4 Å². The first kappa shape index (κ1) is 18.7. The van der Waals surface area contributed by atoms with Crippen molar-refractivity contribution in [1.29, 1.82) is 0 Å². The van der Waals surface area contributed by atoms with Crippen molar-refractivity contribution in [2.75, 3.05) is 32.0 Å². The Hall–Kier alpha value is -2.09. The van der Waals surface area contributed by atoms with Crippen LogP contribution in [0.5, 0.6) is 6.01 Å². The molecule has 3 heterocycles. The third kappa shape index (κ3) is 4.17. The summed E-state index contributed by atoms with van der Waals surface area (Å²) in [6.45, 7) is 8.85. The van der Waals surface area contributed by atoms with E-state index in [1.165, 1.54) is 6.42 Å². The van der Waals surface area contributed by atoms with Crippen LogP contribution >= 0.6 is 0 Å². The van der Waals surface area contributed by atoms with Gasteiger partial charge in [0.15, 0.2) is 11.5 Å². The summed E-state index contributed by atoms with van der Waals surface area (Å²) in [4.78, 5) is 26.3. The number of unbranched alkanes of at least 4 members (excludes halogenated alkanes) is 1. The zero-order valence-electron chi connectivity index (χ0n) is 15.8. The smallest absolute Gasteiger partial charge is 0.327 e. The lowest BCUT2D eigenvalue weighted by Gasteiger charge is -2.31. The first-order valence-corrected chi connectivity index (χ1v) is 9.73. The highest BCUT2D eigenvalue weighted by atomic mass is 16.5. The quantitative estimate of drug-likeness (QED) is 0.697. The Balaban J connectivity index is 1.77. The number of H-pyrrole nitrogens is 1. The number of nitrogens with zero attached hydrogens (tertiary/aromatic N) is 4. The lowest BCUT2D eigenvalue weighted by Crippen LogP contribution is -2.36. The van der Waals surface area contributed by atoms with Crippen LogP contribution in [0.25, 0.3) is 11.2 Å². The topological polar surface area (TPSA) is 102 Å². The minimum atomic E-state index is -0.178. The van der Waals surface area contributed by atoms with E-state index >= 15 is 0 Å². The SMILES string of the molecule is CCCCOc1nc(N)c2[nH]c(=O)n(CC3CCN(CCC)CC3)c2n1. The monoisotopic (exact) mass is 362 g/mol. The predicted octanol–water partition coefficient (Wildman–Crippen LogP) is 2.00. The Kier molecular flexibility index (Phi) is 6.13. The predicted molar refractivity (Wildman–Crippen MR) is 102 cm³/mol. The fourth-order valence-corrected chi connectivity index (χ4v) is 3.54. The number of nitrogens with one attached hydrogen (secondary N) is 1. The van der Waals surface area contributed by atoms with Crippen molar-refractivity contribution in [3.63, 3.8) is 0 Å². The first-order chi connectivity index (χ1) is 12.6. The van der Waals surface area contributed by atoms with E-state index in [1.54, 1.807) is 4.57 Å². The van der Waals surface area contributed by atoms with E-state index in [1.807, 2.05) is 0 Å². The molecule has 1 saturated heterocycles. The third-order valence-corrected chi connectivity index (χ3v) is 5.05. The van der Waals surface area contributed by atoms with Gasteiger partial charge in [-0.15, -0.1) is 0 Å². The summed E-state index contributed by atoms with van der Waals surface area (Å²) in [7, 11) is 0. The van der Waals surface area contributed by atoms with Crippen molar-refractivity contribution < 1.29 is 4.74 Å². The van der Waals surface area contributed by atoms with Gasteiger partial charge in [-0.1, -0.05) is 20.3 Å². The Labute approximate surface area is 153 Å². The number of aromatic nitrogens is 4. The van der Waals surface area contributed by atoms with Crippen LogP contribution in [0.3, 0.4) is 0 Å². The van der Waals surface area contributed by atoms with Crippen LogP contribution in [0.4, 0.5) is 5.82 Å². The molecule has 8 heteroatoms. The zero-order chi connectivity index (χ0) is 18.5. The van der Waals surface area contributed by atoms with E-state index in [4.69, 9.17) is 10.5 Å². The Morgan fingerprint density at radius 1 is 1.23 bits per heavy atom. The van der Waals surface area contributed by atoms with Crippen LogP contribution < -0.4 is 16.2 Å². The lowest BCUT2D eigenvalue weighted by molar-refractivity contribution is 0.174. The van der Waals surface area contributed by atoms with Crippen molar-refractivity contribution in [3.05, 3.63) is 10.5 Å². The van der Waals surface area contributed by atoms with Gasteiger partial charge in [0.2, 0.25) is 0 Å². The molecule has 0 aliphatic carbocycles. The molecule has 0 atom stereocenters. The highest BCUT2D eigenvalue weighted by Crippen LogP contribution is 2.22. The van der Waals surface area contributed by atoms with Gasteiger partial charge < -0.3 is 20.4 Å². The zero-order valence-corrected chi connectivity index (χ0v) is 15.8. The largest absolute Gasteiger partial charge is 0.463 e. The average Bonchev–Trinajstić information content (AvgIpc) is 2.94. The number of anilines is 1. The maximum Gasteiger partial charge on any atom is 0.327 e. The number of nitrogen functional groups attached to an aromatic ring is 1. The van der Waals surface area contributed by atoms with Crippen LogP contribution in [-0.2, 0) is 6.54 Å². The molecule has 26 heavy (non-hydrogen) atoms. The summed E-state index contributed by atoms with van der Waals surface area (Å²) < 4.78 is 7.29. The number of rotatable bonds is 8. The minimum absolute atomic E-state index is 0.178. The third-order valence-electron chi connectivity index (χ3n) is 5.05. The first-order valence-electron chi connectivity index (χ1n) is 9.73. The van der Waals surface area contributed by atoms with Gasteiger partial charge in [-0.25, -0.2) is 4.79 Å². The van der Waals surface area contributed by atoms with E-state index < -0.39 is 0 Å². The standard InChI is InChI=1S/C18H30N6O2/c1-3-5-11-26-17-21-15(19)14-16(22-17)24(18(25)20-14)12-13-6-9-23(8-4-2)10-7-13/h13H,3-12H2,1-2H3,(H,20,25)(H2,19,21,22). The number of nitrogens with two attached hydrogens (primary N) is 1. The number of piperidine rings is 1. The van der Waals surface area contributed by atoms with Gasteiger partial charge in [-0.05, 0) is 51.2 Å². The summed E-state index contributed by atoms with van der Waals surface area (Å²) >= 11 is 0. The molecule has 1 aliphatic rings. The Morgan fingerprint density at radius 3 is 2.69 bits per heavy atom. The minimum Gasteiger partial charge on any atom is -0.463 e. The molecule has 0 bridgehead atoms. The van der Waals surface area contributed by atoms with Gasteiger partial charge in [0.25, 0.3) is 0 Å². The number of fused-ring (bicyclic) bond motifs is 1. The van der Waals surface area contributed by atoms with Crippen molar-refractivity contribution in [2.45, 2.75) is 52.5 Å². The second-order valence-electron chi connectivity index (χ2n) is 7.12. The molecule has 0 radical (unpaired) electrons. The molecule has 2 aromatic heterocycles. The van der Waals surface area contributed by atoms with Gasteiger partial charge >= 0.3 is 11.7 Å². The molecular formula is C18H30N6O2. The van der Waals surface area contributed by atoms with Gasteiger partial charge in [0, 0.05) is 6.54 Å². The molecule has 0 saturated carbocycles. The highest BCUT2D eigenvalue weighted by Gasteiger charge is 2.22. The Bertz CT molecular complexity index is 776. The normalized spacial score (nSPS) is 16.4. The molecule has 8 nitrogen and oxygen atoms in total. The van der Waals surface area contributed by atoms with Crippen LogP contribution in [-0.4, -0.2) is 50.7 Å². The van der Waals surface area contributed by atoms with E-state index in [-0.39, 0.29) is 17.5 Å². The fourth-order valence-electron chi connectivity index (χ4n) is 3.54. The highest BCUT2D eigenvalue weighted by molar-refractivity contribution is 5.81. The second-order valence-corrected chi connectivity index (χ2v) is 7.12. The molecule has 2 aromatic rings. The lowest BCUT2D eigenvalue weighted by atomic mass is 9.96. The number of likely N-dealkylation sites (tertiary alicyclic amines) is 1. The van der Waals surface area contributed by atoms with Crippen LogP contribution in [0.1, 0.15) is 46.0 Å². The molecular weight excluding hydrogens is 332 g/mol. The van der Waals surface area contributed by atoms with Crippen LogP contribution in [0, 0.1) is 5.92 Å². The number of hydrogen-bond donors (Lipinski definition) is 2. The Morgan fingerprint density at radius 2 is 2.00 bits per heavy atom. The number of imidazole rings is 1. The molecule has 0 unspecified atom stereocenters.